The number of halogens is 2. The van der Waals surface area contributed by atoms with Crippen molar-refractivity contribution in [2.24, 2.45) is 7.05 Å². The van der Waals surface area contributed by atoms with Crippen molar-refractivity contribution in [3.8, 4) is 0 Å². The molecule has 0 fully saturated rings. The molecule has 1 aromatic heterocycles. The van der Waals surface area contributed by atoms with Crippen molar-refractivity contribution in [3.63, 3.8) is 0 Å². The van der Waals surface area contributed by atoms with E-state index >= 15 is 0 Å². The first-order valence-corrected chi connectivity index (χ1v) is 7.53. The standard InChI is InChI=1S/C16H12BrClN2O/c1-20-7-6-10-2-4-12(9-15(10)20)19-16(21)13-8-11(17)3-5-14(13)18/h2-9H,1H3,(H,19,21). The van der Waals surface area contributed by atoms with Crippen molar-refractivity contribution < 1.29 is 4.79 Å². The van der Waals surface area contributed by atoms with Crippen LogP contribution in [0.2, 0.25) is 5.02 Å². The van der Waals surface area contributed by atoms with Crippen LogP contribution in [0, 0.1) is 0 Å². The highest BCUT2D eigenvalue weighted by Gasteiger charge is 2.11. The van der Waals surface area contributed by atoms with E-state index in [1.54, 1.807) is 18.2 Å². The Morgan fingerprint density at radius 2 is 2.00 bits per heavy atom. The van der Waals surface area contributed by atoms with Gasteiger partial charge in [-0.05, 0) is 41.8 Å². The molecule has 1 amide bonds. The minimum absolute atomic E-state index is 0.227. The first-order valence-electron chi connectivity index (χ1n) is 6.36. The summed E-state index contributed by atoms with van der Waals surface area (Å²) in [6.07, 6.45) is 1.99. The third-order valence-corrected chi connectivity index (χ3v) is 4.14. The van der Waals surface area contributed by atoms with Crippen molar-refractivity contribution in [1.29, 1.82) is 0 Å². The number of aromatic nitrogens is 1. The molecule has 2 aromatic carbocycles. The van der Waals surface area contributed by atoms with Crippen LogP contribution in [0.5, 0.6) is 0 Å². The Labute approximate surface area is 135 Å². The predicted octanol–water partition coefficient (Wildman–Crippen LogP) is 4.85. The summed E-state index contributed by atoms with van der Waals surface area (Å²) in [4.78, 5) is 12.3. The third kappa shape index (κ3) is 2.82. The summed E-state index contributed by atoms with van der Waals surface area (Å²) < 4.78 is 2.83. The molecule has 0 spiro atoms. The molecule has 0 atom stereocenters. The lowest BCUT2D eigenvalue weighted by molar-refractivity contribution is 0.102. The molecule has 0 saturated carbocycles. The minimum Gasteiger partial charge on any atom is -0.350 e. The number of carbonyl (C=O) groups excluding carboxylic acids is 1. The van der Waals surface area contributed by atoms with Crippen molar-refractivity contribution in [3.05, 3.63) is 63.7 Å². The second-order valence-corrected chi connectivity index (χ2v) is 6.10. The number of carbonyl (C=O) groups is 1. The van der Waals surface area contributed by atoms with Gasteiger partial charge in [0, 0.05) is 28.9 Å². The average molecular weight is 364 g/mol. The zero-order valence-corrected chi connectivity index (χ0v) is 13.6. The molecule has 106 valence electrons. The van der Waals surface area contributed by atoms with Crippen molar-refractivity contribution in [2.45, 2.75) is 0 Å². The highest BCUT2D eigenvalue weighted by Crippen LogP contribution is 2.24. The van der Waals surface area contributed by atoms with E-state index in [0.29, 0.717) is 10.6 Å². The molecule has 0 radical (unpaired) electrons. The number of nitrogens with zero attached hydrogens (tertiary/aromatic N) is 1. The van der Waals surface area contributed by atoms with Gasteiger partial charge >= 0.3 is 0 Å². The topological polar surface area (TPSA) is 34.0 Å². The molecule has 1 N–H and O–H groups in total. The number of fused-ring (bicyclic) bond motifs is 1. The molecule has 0 aliphatic carbocycles. The summed E-state index contributed by atoms with van der Waals surface area (Å²) >= 11 is 9.42. The number of rotatable bonds is 2. The lowest BCUT2D eigenvalue weighted by Gasteiger charge is -2.08. The number of nitrogens with one attached hydrogen (secondary N) is 1. The molecule has 21 heavy (non-hydrogen) atoms. The van der Waals surface area contributed by atoms with E-state index in [-0.39, 0.29) is 5.91 Å². The Kier molecular flexibility index (Phi) is 3.74. The molecule has 0 unspecified atom stereocenters. The van der Waals surface area contributed by atoms with E-state index in [1.807, 2.05) is 42.1 Å². The molecule has 3 aromatic rings. The summed E-state index contributed by atoms with van der Waals surface area (Å²) in [7, 11) is 1.97. The van der Waals surface area contributed by atoms with Gasteiger partial charge < -0.3 is 9.88 Å². The largest absolute Gasteiger partial charge is 0.350 e. The van der Waals surface area contributed by atoms with Crippen LogP contribution in [0.1, 0.15) is 10.4 Å². The molecule has 0 aliphatic rings. The third-order valence-electron chi connectivity index (χ3n) is 3.32. The second-order valence-electron chi connectivity index (χ2n) is 4.78. The summed E-state index contributed by atoms with van der Waals surface area (Å²) in [5.74, 6) is -0.227. The molecule has 0 aliphatic heterocycles. The Balaban J connectivity index is 1.92. The van der Waals surface area contributed by atoms with Gasteiger partial charge in [-0.15, -0.1) is 0 Å². The zero-order chi connectivity index (χ0) is 15.0. The quantitative estimate of drug-likeness (QED) is 0.694. The Morgan fingerprint density at radius 3 is 2.81 bits per heavy atom. The van der Waals surface area contributed by atoms with E-state index in [1.165, 1.54) is 0 Å². The molecule has 3 nitrogen and oxygen atoms in total. The molecule has 0 saturated heterocycles. The maximum atomic E-state index is 12.3. The molecular formula is C16H12BrClN2O. The number of hydrogen-bond acceptors (Lipinski definition) is 1. The van der Waals surface area contributed by atoms with Crippen LogP contribution in [0.4, 0.5) is 5.69 Å². The lowest BCUT2D eigenvalue weighted by Crippen LogP contribution is -2.12. The molecule has 3 rings (SSSR count). The van der Waals surface area contributed by atoms with Crippen LogP contribution >= 0.6 is 27.5 Å². The van der Waals surface area contributed by atoms with Crippen LogP contribution < -0.4 is 5.32 Å². The van der Waals surface area contributed by atoms with Gasteiger partial charge in [-0.25, -0.2) is 0 Å². The van der Waals surface area contributed by atoms with Crippen molar-refractivity contribution >= 4 is 50.0 Å². The average Bonchev–Trinajstić information content (AvgIpc) is 2.83. The first kappa shape index (κ1) is 14.2. The van der Waals surface area contributed by atoms with Crippen LogP contribution in [0.15, 0.2) is 53.1 Å². The van der Waals surface area contributed by atoms with Gasteiger partial charge in [-0.3, -0.25) is 4.79 Å². The summed E-state index contributed by atoms with van der Waals surface area (Å²) in [6, 6.07) is 13.0. The van der Waals surface area contributed by atoms with Crippen LogP contribution in [-0.2, 0) is 7.05 Å². The van der Waals surface area contributed by atoms with Crippen molar-refractivity contribution in [1.82, 2.24) is 4.57 Å². The summed E-state index contributed by atoms with van der Waals surface area (Å²) in [6.45, 7) is 0. The van der Waals surface area contributed by atoms with Crippen LogP contribution in [0.25, 0.3) is 10.9 Å². The highest BCUT2D eigenvalue weighted by atomic mass is 79.9. The molecule has 5 heteroatoms. The van der Waals surface area contributed by atoms with Crippen molar-refractivity contribution in [2.75, 3.05) is 5.32 Å². The maximum Gasteiger partial charge on any atom is 0.257 e. The zero-order valence-electron chi connectivity index (χ0n) is 11.2. The van der Waals surface area contributed by atoms with Crippen LogP contribution in [-0.4, -0.2) is 10.5 Å². The van der Waals surface area contributed by atoms with E-state index in [9.17, 15) is 4.79 Å². The number of anilines is 1. The summed E-state index contributed by atoms with van der Waals surface area (Å²) in [5.41, 5.74) is 2.25. The fourth-order valence-electron chi connectivity index (χ4n) is 2.21. The van der Waals surface area contributed by atoms with Gasteiger partial charge in [0.05, 0.1) is 10.6 Å². The van der Waals surface area contributed by atoms with Gasteiger partial charge in [0.1, 0.15) is 0 Å². The minimum atomic E-state index is -0.227. The molecule has 0 bridgehead atoms. The van der Waals surface area contributed by atoms with Crippen LogP contribution in [0.3, 0.4) is 0 Å². The second kappa shape index (κ2) is 5.54. The summed E-state index contributed by atoms with van der Waals surface area (Å²) in [5, 5.41) is 4.44. The van der Waals surface area contributed by atoms with E-state index in [0.717, 1.165) is 21.1 Å². The van der Waals surface area contributed by atoms with Gasteiger partial charge in [0.2, 0.25) is 0 Å². The van der Waals surface area contributed by atoms with E-state index in [2.05, 4.69) is 21.2 Å². The van der Waals surface area contributed by atoms with E-state index < -0.39 is 0 Å². The number of benzene rings is 2. The Hall–Kier alpha value is -1.78. The van der Waals surface area contributed by atoms with Gasteiger partial charge in [-0.2, -0.15) is 0 Å². The monoisotopic (exact) mass is 362 g/mol. The fourth-order valence-corrected chi connectivity index (χ4v) is 2.77. The Bertz CT molecular complexity index is 841. The number of amides is 1. The predicted molar refractivity (Wildman–Crippen MR) is 90.0 cm³/mol. The number of hydrogen-bond donors (Lipinski definition) is 1. The smallest absolute Gasteiger partial charge is 0.257 e. The molecule has 1 heterocycles. The SMILES string of the molecule is Cn1ccc2ccc(NC(=O)c3cc(Br)ccc3Cl)cc21. The van der Waals surface area contributed by atoms with Gasteiger partial charge in [-0.1, -0.05) is 33.6 Å². The Morgan fingerprint density at radius 1 is 1.19 bits per heavy atom. The first-order chi connectivity index (χ1) is 10.0. The van der Waals surface area contributed by atoms with Gasteiger partial charge in [0.15, 0.2) is 0 Å². The highest BCUT2D eigenvalue weighted by molar-refractivity contribution is 9.10. The molecular weight excluding hydrogens is 352 g/mol. The van der Waals surface area contributed by atoms with E-state index in [4.69, 9.17) is 11.6 Å². The maximum absolute atomic E-state index is 12.3. The van der Waals surface area contributed by atoms with Gasteiger partial charge in [0.25, 0.3) is 5.91 Å². The lowest BCUT2D eigenvalue weighted by atomic mass is 10.2. The normalized spacial score (nSPS) is 10.8. The number of aryl methyl sites for hydroxylation is 1. The fraction of sp³-hybridized carbons (Fsp3) is 0.0625.